The van der Waals surface area contributed by atoms with E-state index in [2.05, 4.69) is 11.0 Å². The normalized spacial score (nSPS) is 14.1. The highest BCUT2D eigenvalue weighted by Crippen LogP contribution is 2.38. The number of fused-ring (bicyclic) bond motifs is 1. The molecule has 0 atom stereocenters. The van der Waals surface area contributed by atoms with Gasteiger partial charge >= 0.3 is 0 Å². The zero-order chi connectivity index (χ0) is 17.1. The van der Waals surface area contributed by atoms with Gasteiger partial charge in [-0.2, -0.15) is 0 Å². The fourth-order valence-corrected chi connectivity index (χ4v) is 3.32. The minimum absolute atomic E-state index is 0.625. The number of hydrogen-bond acceptors (Lipinski definition) is 5. The lowest BCUT2D eigenvalue weighted by Gasteiger charge is -2.29. The van der Waals surface area contributed by atoms with Crippen LogP contribution in [-0.2, 0) is 19.5 Å². The van der Waals surface area contributed by atoms with Gasteiger partial charge in [0.1, 0.15) is 0 Å². The highest BCUT2D eigenvalue weighted by Gasteiger charge is 2.20. The first kappa shape index (κ1) is 16.5. The van der Waals surface area contributed by atoms with Crippen molar-refractivity contribution >= 4 is 5.69 Å². The van der Waals surface area contributed by atoms with Crippen molar-refractivity contribution < 1.29 is 14.2 Å². The van der Waals surface area contributed by atoms with E-state index >= 15 is 0 Å². The third-order valence-corrected chi connectivity index (χ3v) is 4.51. The number of rotatable bonds is 5. The molecule has 5 nitrogen and oxygen atoms in total. The second-order valence-electron chi connectivity index (χ2n) is 5.98. The highest BCUT2D eigenvalue weighted by atomic mass is 16.5. The van der Waals surface area contributed by atoms with Gasteiger partial charge in [0.15, 0.2) is 11.5 Å². The number of nitrogens with two attached hydrogens (primary N) is 1. The molecule has 1 aliphatic rings. The number of ether oxygens (including phenoxy) is 3. The molecule has 3 rings (SSSR count). The molecule has 128 valence electrons. The van der Waals surface area contributed by atoms with Crippen LogP contribution in [0, 0.1) is 0 Å². The van der Waals surface area contributed by atoms with Crippen LogP contribution in [0.2, 0.25) is 0 Å². The van der Waals surface area contributed by atoms with E-state index in [1.165, 1.54) is 11.1 Å². The first-order valence-corrected chi connectivity index (χ1v) is 8.03. The summed E-state index contributed by atoms with van der Waals surface area (Å²) in [6.45, 7) is 2.71. The van der Waals surface area contributed by atoms with Gasteiger partial charge in [-0.1, -0.05) is 12.1 Å². The number of methoxy groups -OCH3 is 3. The van der Waals surface area contributed by atoms with Gasteiger partial charge < -0.3 is 19.9 Å². The molecule has 2 aromatic rings. The zero-order valence-electron chi connectivity index (χ0n) is 14.5. The van der Waals surface area contributed by atoms with Crippen LogP contribution in [0.4, 0.5) is 5.69 Å². The Balaban J connectivity index is 1.82. The van der Waals surface area contributed by atoms with E-state index in [-0.39, 0.29) is 0 Å². The van der Waals surface area contributed by atoms with E-state index in [1.807, 2.05) is 24.3 Å². The van der Waals surface area contributed by atoms with E-state index in [1.54, 1.807) is 21.3 Å². The highest BCUT2D eigenvalue weighted by molar-refractivity contribution is 5.54. The summed E-state index contributed by atoms with van der Waals surface area (Å²) >= 11 is 0. The minimum atomic E-state index is 0.625. The van der Waals surface area contributed by atoms with Gasteiger partial charge in [-0.3, -0.25) is 4.90 Å². The van der Waals surface area contributed by atoms with Crippen LogP contribution in [-0.4, -0.2) is 32.8 Å². The monoisotopic (exact) mass is 328 g/mol. The zero-order valence-corrected chi connectivity index (χ0v) is 14.5. The molecular weight excluding hydrogens is 304 g/mol. The number of benzene rings is 2. The first-order valence-electron chi connectivity index (χ1n) is 8.03. The summed E-state index contributed by atoms with van der Waals surface area (Å²) < 4.78 is 16.3. The van der Waals surface area contributed by atoms with Gasteiger partial charge in [0, 0.05) is 25.3 Å². The van der Waals surface area contributed by atoms with Crippen LogP contribution in [0.25, 0.3) is 0 Å². The summed E-state index contributed by atoms with van der Waals surface area (Å²) in [6, 6.07) is 10.2. The predicted octanol–water partition coefficient (Wildman–Crippen LogP) is 2.85. The van der Waals surface area contributed by atoms with Crippen LogP contribution in [0.5, 0.6) is 17.2 Å². The van der Waals surface area contributed by atoms with Gasteiger partial charge in [0.05, 0.1) is 21.3 Å². The molecule has 0 bridgehead atoms. The smallest absolute Gasteiger partial charge is 0.203 e. The lowest BCUT2D eigenvalue weighted by molar-refractivity contribution is 0.244. The third-order valence-electron chi connectivity index (χ3n) is 4.51. The molecule has 0 saturated heterocycles. The third kappa shape index (κ3) is 3.12. The maximum Gasteiger partial charge on any atom is 0.203 e. The summed E-state index contributed by atoms with van der Waals surface area (Å²) in [4.78, 5) is 2.41. The Morgan fingerprint density at radius 2 is 1.75 bits per heavy atom. The summed E-state index contributed by atoms with van der Waals surface area (Å²) in [5, 5.41) is 0. The molecule has 1 heterocycles. The van der Waals surface area contributed by atoms with Crippen molar-refractivity contribution in [2.24, 2.45) is 0 Å². The summed E-state index contributed by atoms with van der Waals surface area (Å²) in [6.07, 6.45) is 0.979. The fourth-order valence-electron chi connectivity index (χ4n) is 3.32. The fraction of sp³-hybridized carbons (Fsp3) is 0.368. The average Bonchev–Trinajstić information content (AvgIpc) is 2.61. The van der Waals surface area contributed by atoms with Crippen molar-refractivity contribution in [3.63, 3.8) is 0 Å². The molecule has 2 N–H and O–H groups in total. The lowest BCUT2D eigenvalue weighted by Crippen LogP contribution is -2.30. The quantitative estimate of drug-likeness (QED) is 0.855. The number of anilines is 1. The molecule has 0 amide bonds. The maximum atomic E-state index is 6.08. The molecule has 0 aromatic heterocycles. The van der Waals surface area contributed by atoms with E-state index in [0.29, 0.717) is 17.2 Å². The van der Waals surface area contributed by atoms with Gasteiger partial charge in [-0.15, -0.1) is 0 Å². The van der Waals surface area contributed by atoms with Crippen LogP contribution in [0.3, 0.4) is 0 Å². The molecule has 0 aliphatic carbocycles. The van der Waals surface area contributed by atoms with Crippen molar-refractivity contribution in [1.29, 1.82) is 0 Å². The van der Waals surface area contributed by atoms with E-state index in [9.17, 15) is 0 Å². The van der Waals surface area contributed by atoms with E-state index in [4.69, 9.17) is 19.9 Å². The molecule has 2 aromatic carbocycles. The van der Waals surface area contributed by atoms with Crippen molar-refractivity contribution in [2.45, 2.75) is 19.5 Å². The molecule has 0 saturated carbocycles. The van der Waals surface area contributed by atoms with Gasteiger partial charge in [-0.25, -0.2) is 0 Å². The van der Waals surface area contributed by atoms with Crippen LogP contribution in [0.1, 0.15) is 16.7 Å². The van der Waals surface area contributed by atoms with Crippen LogP contribution < -0.4 is 19.9 Å². The largest absolute Gasteiger partial charge is 0.493 e. The van der Waals surface area contributed by atoms with Crippen molar-refractivity contribution in [3.8, 4) is 17.2 Å². The molecule has 0 fully saturated rings. The molecule has 5 heteroatoms. The average molecular weight is 328 g/mol. The van der Waals surface area contributed by atoms with Crippen LogP contribution >= 0.6 is 0 Å². The molecule has 0 radical (unpaired) electrons. The van der Waals surface area contributed by atoms with Gasteiger partial charge in [0.25, 0.3) is 0 Å². The lowest BCUT2D eigenvalue weighted by atomic mass is 9.97. The van der Waals surface area contributed by atoms with Crippen molar-refractivity contribution in [2.75, 3.05) is 33.6 Å². The van der Waals surface area contributed by atoms with Gasteiger partial charge in [-0.05, 0) is 41.3 Å². The molecular formula is C19H24N2O3. The Bertz CT molecular complexity index is 706. The molecule has 1 aliphatic heterocycles. The SMILES string of the molecule is COc1cc(CN2CCc3c(N)cccc3C2)cc(OC)c1OC. The van der Waals surface area contributed by atoms with Gasteiger partial charge in [0.2, 0.25) is 5.75 Å². The topological polar surface area (TPSA) is 57.0 Å². The summed E-state index contributed by atoms with van der Waals surface area (Å²) in [5.74, 6) is 2.00. The van der Waals surface area contributed by atoms with Crippen molar-refractivity contribution in [1.82, 2.24) is 4.90 Å². The molecule has 0 spiro atoms. The van der Waals surface area contributed by atoms with Crippen molar-refractivity contribution in [3.05, 3.63) is 47.0 Å². The number of hydrogen-bond donors (Lipinski definition) is 1. The summed E-state index contributed by atoms with van der Waals surface area (Å²) in [5.41, 5.74) is 10.7. The van der Waals surface area contributed by atoms with Crippen LogP contribution in [0.15, 0.2) is 30.3 Å². The minimum Gasteiger partial charge on any atom is -0.493 e. The summed E-state index contributed by atoms with van der Waals surface area (Å²) in [7, 11) is 4.90. The Labute approximate surface area is 142 Å². The molecule has 24 heavy (non-hydrogen) atoms. The van der Waals surface area contributed by atoms with E-state index < -0.39 is 0 Å². The number of nitrogen functional groups attached to an aromatic ring is 1. The predicted molar refractivity (Wildman–Crippen MR) is 94.8 cm³/mol. The second-order valence-corrected chi connectivity index (χ2v) is 5.98. The maximum absolute atomic E-state index is 6.08. The Morgan fingerprint density at radius 3 is 2.38 bits per heavy atom. The Morgan fingerprint density at radius 1 is 1.04 bits per heavy atom. The first-order chi connectivity index (χ1) is 11.7. The Kier molecular flexibility index (Phi) is 4.81. The number of nitrogens with zero attached hydrogens (tertiary/aromatic N) is 1. The molecule has 0 unspecified atom stereocenters. The van der Waals surface area contributed by atoms with E-state index in [0.717, 1.165) is 37.3 Å². The second kappa shape index (κ2) is 7.01. The standard InChI is InChI=1S/C19H24N2O3/c1-22-17-9-13(10-18(23-2)19(17)24-3)11-21-8-7-15-14(12-21)5-4-6-16(15)20/h4-6,9-10H,7-8,11-12,20H2,1-3H3. The Hall–Kier alpha value is -2.40.